The molecule has 2 aromatic heterocycles. The molecule has 0 aliphatic carbocycles. The molecule has 0 aromatic carbocycles. The number of fused-ring (bicyclic) bond motifs is 1. The summed E-state index contributed by atoms with van der Waals surface area (Å²) in [6.45, 7) is 0. The molecule has 2 aromatic rings. The maximum Gasteiger partial charge on any atom is 0.277 e. The number of aryl methyl sites for hydroxylation is 2. The van der Waals surface area contributed by atoms with Crippen LogP contribution in [-0.2, 0) is 19.8 Å². The number of thiol groups is 1. The predicted octanol–water partition coefficient (Wildman–Crippen LogP) is 0.759. The van der Waals surface area contributed by atoms with Gasteiger partial charge in [0.15, 0.2) is 15.9 Å². The largest absolute Gasteiger partial charge is 0.325 e. The average Bonchev–Trinajstić information content (AvgIpc) is 2.53. The van der Waals surface area contributed by atoms with Crippen LogP contribution in [0.25, 0.3) is 11.2 Å². The van der Waals surface area contributed by atoms with Gasteiger partial charge in [-0.2, -0.15) is 12.6 Å². The molecule has 0 aliphatic rings. The number of H-pyrrole nitrogens is 1. The average molecular weight is 242 g/mol. The number of imidazole rings is 1. The minimum atomic E-state index is -0.212. The van der Waals surface area contributed by atoms with E-state index >= 15 is 0 Å². The van der Waals surface area contributed by atoms with Crippen LogP contribution in [0.15, 0.2) is 4.79 Å². The maximum atomic E-state index is 11.7. The zero-order chi connectivity index (χ0) is 11.2. The number of hydrogen-bond donors (Lipinski definition) is 2. The molecule has 2 rings (SSSR count). The molecule has 0 radical (unpaired) electrons. The monoisotopic (exact) mass is 242 g/mol. The Morgan fingerprint density at radius 1 is 1.47 bits per heavy atom. The molecular formula is C8H10N4OS2. The topological polar surface area (TPSA) is 55.6 Å². The minimum absolute atomic E-state index is 0.212. The molecule has 0 aliphatic heterocycles. The molecule has 15 heavy (non-hydrogen) atoms. The zero-order valence-corrected chi connectivity index (χ0v) is 10.0. The van der Waals surface area contributed by atoms with Gasteiger partial charge in [0, 0.05) is 19.8 Å². The van der Waals surface area contributed by atoms with Crippen molar-refractivity contribution in [2.75, 3.05) is 0 Å². The van der Waals surface area contributed by atoms with Crippen LogP contribution < -0.4 is 5.56 Å². The fourth-order valence-electron chi connectivity index (χ4n) is 1.49. The maximum absolute atomic E-state index is 11.7. The van der Waals surface area contributed by atoms with Gasteiger partial charge >= 0.3 is 0 Å². The van der Waals surface area contributed by atoms with Gasteiger partial charge in [0.25, 0.3) is 5.56 Å². The van der Waals surface area contributed by atoms with Crippen molar-refractivity contribution in [2.45, 2.75) is 5.75 Å². The van der Waals surface area contributed by atoms with Gasteiger partial charge in [0.2, 0.25) is 0 Å². The number of nitrogens with one attached hydrogen (secondary N) is 1. The Labute approximate surface area is 96.2 Å². The van der Waals surface area contributed by atoms with Gasteiger partial charge in [-0.3, -0.25) is 9.78 Å². The van der Waals surface area contributed by atoms with E-state index in [4.69, 9.17) is 12.2 Å². The van der Waals surface area contributed by atoms with E-state index in [1.807, 2.05) is 0 Å². The first kappa shape index (κ1) is 10.4. The highest BCUT2D eigenvalue weighted by Crippen LogP contribution is 2.11. The Bertz CT molecular complexity index is 636. The van der Waals surface area contributed by atoms with Crippen molar-refractivity contribution < 1.29 is 0 Å². The van der Waals surface area contributed by atoms with Gasteiger partial charge in [-0.1, -0.05) is 0 Å². The second-order valence-corrected chi connectivity index (χ2v) is 3.94. The lowest BCUT2D eigenvalue weighted by atomic mass is 10.5. The van der Waals surface area contributed by atoms with E-state index in [0.717, 1.165) is 5.82 Å². The molecule has 0 amide bonds. The first-order valence-electron chi connectivity index (χ1n) is 4.31. The third-order valence-electron chi connectivity index (χ3n) is 2.37. The Morgan fingerprint density at radius 2 is 2.13 bits per heavy atom. The zero-order valence-electron chi connectivity index (χ0n) is 8.31. The summed E-state index contributed by atoms with van der Waals surface area (Å²) in [4.78, 5) is 18.6. The van der Waals surface area contributed by atoms with Crippen molar-refractivity contribution >= 4 is 36.0 Å². The normalized spacial score (nSPS) is 11.1. The third kappa shape index (κ3) is 1.42. The Balaban J connectivity index is 3.07. The highest BCUT2D eigenvalue weighted by molar-refractivity contribution is 7.79. The lowest BCUT2D eigenvalue weighted by Gasteiger charge is -1.99. The number of hydrogen-bond acceptors (Lipinski definition) is 4. The summed E-state index contributed by atoms with van der Waals surface area (Å²) in [6, 6.07) is 0. The SMILES string of the molecule is Cn1c(CS)nc2c1c(=O)[nH]c(=S)n2C. The molecule has 0 saturated carbocycles. The Hall–Kier alpha value is -1.08. The second kappa shape index (κ2) is 3.49. The van der Waals surface area contributed by atoms with Crippen LogP contribution >= 0.6 is 24.8 Å². The molecule has 2 heterocycles. The summed E-state index contributed by atoms with van der Waals surface area (Å²) in [7, 11) is 3.56. The molecule has 0 spiro atoms. The van der Waals surface area contributed by atoms with Crippen LogP contribution in [0, 0.1) is 4.77 Å². The quantitative estimate of drug-likeness (QED) is 0.573. The minimum Gasteiger partial charge on any atom is -0.325 e. The van der Waals surface area contributed by atoms with Gasteiger partial charge < -0.3 is 9.13 Å². The van der Waals surface area contributed by atoms with E-state index in [1.54, 1.807) is 23.2 Å². The molecular weight excluding hydrogens is 232 g/mol. The Morgan fingerprint density at radius 3 is 2.73 bits per heavy atom. The number of rotatable bonds is 1. The first-order valence-corrected chi connectivity index (χ1v) is 5.35. The van der Waals surface area contributed by atoms with E-state index in [9.17, 15) is 4.79 Å². The van der Waals surface area contributed by atoms with E-state index in [1.165, 1.54) is 0 Å². The second-order valence-electron chi connectivity index (χ2n) is 3.24. The Kier molecular flexibility index (Phi) is 2.43. The molecule has 80 valence electrons. The molecule has 0 saturated heterocycles. The summed E-state index contributed by atoms with van der Waals surface area (Å²) in [6.07, 6.45) is 0. The van der Waals surface area contributed by atoms with Crippen LogP contribution in [0.5, 0.6) is 0 Å². The van der Waals surface area contributed by atoms with Gasteiger partial charge in [-0.15, -0.1) is 0 Å². The number of aromatic amines is 1. The van der Waals surface area contributed by atoms with Gasteiger partial charge in [0.1, 0.15) is 5.82 Å². The van der Waals surface area contributed by atoms with Crippen molar-refractivity contribution in [3.05, 3.63) is 20.9 Å². The first-order chi connectivity index (χ1) is 7.06. The summed E-state index contributed by atoms with van der Waals surface area (Å²) >= 11 is 9.15. The predicted molar refractivity (Wildman–Crippen MR) is 63.8 cm³/mol. The summed E-state index contributed by atoms with van der Waals surface area (Å²) in [5.74, 6) is 1.23. The summed E-state index contributed by atoms with van der Waals surface area (Å²) < 4.78 is 3.78. The van der Waals surface area contributed by atoms with E-state index in [0.29, 0.717) is 21.7 Å². The fourth-order valence-corrected chi connectivity index (χ4v) is 1.96. The molecule has 0 fully saturated rings. The lowest BCUT2D eigenvalue weighted by molar-refractivity contribution is 0.860. The van der Waals surface area contributed by atoms with Crippen molar-refractivity contribution in [3.8, 4) is 0 Å². The fraction of sp³-hybridized carbons (Fsp3) is 0.375. The third-order valence-corrected chi connectivity index (χ3v) is 3.03. The van der Waals surface area contributed by atoms with E-state index in [2.05, 4.69) is 22.6 Å². The van der Waals surface area contributed by atoms with E-state index < -0.39 is 0 Å². The molecule has 0 unspecified atom stereocenters. The molecule has 0 bridgehead atoms. The van der Waals surface area contributed by atoms with Crippen molar-refractivity contribution in [2.24, 2.45) is 14.1 Å². The molecule has 0 atom stereocenters. The van der Waals surface area contributed by atoms with Crippen LogP contribution in [0.3, 0.4) is 0 Å². The van der Waals surface area contributed by atoms with Crippen LogP contribution in [-0.4, -0.2) is 19.1 Å². The highest BCUT2D eigenvalue weighted by Gasteiger charge is 2.12. The van der Waals surface area contributed by atoms with Crippen molar-refractivity contribution in [1.82, 2.24) is 19.1 Å². The standard InChI is InChI=1S/C8H10N4OS2/c1-11-4(3-14)9-6-5(11)7(13)10-8(15)12(6)2/h14H,3H2,1-2H3,(H,10,13,15). The highest BCUT2D eigenvalue weighted by atomic mass is 32.1. The smallest absolute Gasteiger partial charge is 0.277 e. The van der Waals surface area contributed by atoms with Crippen molar-refractivity contribution in [3.63, 3.8) is 0 Å². The van der Waals surface area contributed by atoms with Crippen molar-refractivity contribution in [1.29, 1.82) is 0 Å². The van der Waals surface area contributed by atoms with Gasteiger partial charge in [-0.25, -0.2) is 4.98 Å². The number of nitrogens with zero attached hydrogens (tertiary/aromatic N) is 3. The molecule has 1 N–H and O–H groups in total. The van der Waals surface area contributed by atoms with Crippen LogP contribution in [0.2, 0.25) is 0 Å². The molecule has 7 heteroatoms. The number of aromatic nitrogens is 4. The lowest BCUT2D eigenvalue weighted by Crippen LogP contribution is -2.14. The van der Waals surface area contributed by atoms with E-state index in [-0.39, 0.29) is 5.56 Å². The van der Waals surface area contributed by atoms with Crippen LogP contribution in [0.4, 0.5) is 0 Å². The van der Waals surface area contributed by atoms with Gasteiger partial charge in [0.05, 0.1) is 0 Å². The summed E-state index contributed by atoms with van der Waals surface area (Å²) in [5.41, 5.74) is 0.904. The molecule has 5 nitrogen and oxygen atoms in total. The van der Waals surface area contributed by atoms with Gasteiger partial charge in [-0.05, 0) is 12.2 Å². The summed E-state index contributed by atoms with van der Waals surface area (Å²) in [5, 5.41) is 0. The van der Waals surface area contributed by atoms with Crippen LogP contribution in [0.1, 0.15) is 5.82 Å².